The van der Waals surface area contributed by atoms with Crippen molar-refractivity contribution >= 4 is 40.7 Å². The van der Waals surface area contributed by atoms with Gasteiger partial charge in [-0.1, -0.05) is 66.3 Å². The first-order chi connectivity index (χ1) is 23.5. The van der Waals surface area contributed by atoms with Crippen molar-refractivity contribution in [3.63, 3.8) is 0 Å². The molecule has 1 fully saturated rings. The first-order valence-corrected chi connectivity index (χ1v) is 18.5. The average Bonchev–Trinajstić information content (AvgIpc) is 3.47. The van der Waals surface area contributed by atoms with Gasteiger partial charge in [0.25, 0.3) is 13.2 Å². The standard InChI is InChI=1S/C35H51BN3O8S2/c1-7-11-26(3)45-23-30-29(43-18-8-2)22-31(47-30)36-14-10-16-38-32(40)24-42-19-20-44-33(48-49-35(4,5)6)25-46-28-13-9-12-27(21-28)34(41)39-17-15-37/h8-9,12-13,21,26,29-31,33H,2,15-20,22-25,37H2,1,3-6H3,(H,38,40)(H,39,41)/t26?,29-,30?,31-,33?/m1/s1. The molecule has 0 saturated carbocycles. The van der Waals surface area contributed by atoms with Gasteiger partial charge in [0.1, 0.15) is 36.6 Å². The largest absolute Gasteiger partial charge is 0.490 e. The third-order valence-corrected chi connectivity index (χ3v) is 9.86. The van der Waals surface area contributed by atoms with Crippen molar-refractivity contribution in [2.75, 3.05) is 59.3 Å². The summed E-state index contributed by atoms with van der Waals surface area (Å²) in [6.07, 6.45) is 1.79. The zero-order valence-electron chi connectivity index (χ0n) is 29.3. The fourth-order valence-corrected chi connectivity index (χ4v) is 6.33. The lowest BCUT2D eigenvalue weighted by Gasteiger charge is -2.22. The summed E-state index contributed by atoms with van der Waals surface area (Å²) in [5, 5.41) is 5.48. The molecule has 1 aliphatic rings. The second-order valence-corrected chi connectivity index (χ2v) is 15.0. The van der Waals surface area contributed by atoms with Crippen LogP contribution in [0.25, 0.3) is 0 Å². The number of hydrogen-bond acceptors (Lipinski definition) is 11. The van der Waals surface area contributed by atoms with E-state index in [2.05, 4.69) is 61.6 Å². The molecular weight excluding hydrogens is 665 g/mol. The minimum absolute atomic E-state index is 0.00892. The molecule has 1 heterocycles. The van der Waals surface area contributed by atoms with E-state index in [4.69, 9.17) is 34.2 Å². The van der Waals surface area contributed by atoms with Crippen molar-refractivity contribution < 1.29 is 38.0 Å². The van der Waals surface area contributed by atoms with Crippen molar-refractivity contribution in [1.82, 2.24) is 10.6 Å². The van der Waals surface area contributed by atoms with Crippen LogP contribution in [0, 0.1) is 23.6 Å². The average molecular weight is 717 g/mol. The van der Waals surface area contributed by atoms with Gasteiger partial charge in [0, 0.05) is 29.4 Å². The topological polar surface area (TPSA) is 140 Å². The zero-order valence-corrected chi connectivity index (χ0v) is 30.9. The van der Waals surface area contributed by atoms with Crippen molar-refractivity contribution in [2.45, 2.75) is 75.5 Å². The monoisotopic (exact) mass is 716 g/mol. The molecule has 2 amide bonds. The Morgan fingerprint density at radius 2 is 2.06 bits per heavy atom. The summed E-state index contributed by atoms with van der Waals surface area (Å²) in [6, 6.07) is 6.75. The first-order valence-electron chi connectivity index (χ1n) is 16.3. The fraction of sp³-hybridized carbons (Fsp3) is 0.600. The molecule has 1 saturated heterocycles. The van der Waals surface area contributed by atoms with Gasteiger partial charge < -0.3 is 44.8 Å². The van der Waals surface area contributed by atoms with Gasteiger partial charge in [-0.25, -0.2) is 0 Å². The maximum Gasteiger partial charge on any atom is 0.251 e. The molecule has 269 valence electrons. The van der Waals surface area contributed by atoms with Gasteiger partial charge in [0.05, 0.1) is 39.1 Å². The van der Waals surface area contributed by atoms with E-state index in [1.165, 1.54) is 0 Å². The Morgan fingerprint density at radius 3 is 2.80 bits per heavy atom. The van der Waals surface area contributed by atoms with Gasteiger partial charge in [-0.15, -0.1) is 12.5 Å². The Bertz CT molecular complexity index is 1280. The summed E-state index contributed by atoms with van der Waals surface area (Å²) in [7, 11) is 5.01. The summed E-state index contributed by atoms with van der Waals surface area (Å²) in [5.41, 5.74) is 5.66. The number of amides is 2. The first kappa shape index (κ1) is 42.5. The normalized spacial score (nSPS) is 18.2. The van der Waals surface area contributed by atoms with E-state index in [0.717, 1.165) is 0 Å². The van der Waals surface area contributed by atoms with Gasteiger partial charge in [0.2, 0.25) is 5.91 Å². The van der Waals surface area contributed by atoms with Gasteiger partial charge in [0.15, 0.2) is 0 Å². The molecule has 0 spiro atoms. The number of nitrogens with two attached hydrogens (primary N) is 1. The summed E-state index contributed by atoms with van der Waals surface area (Å²) < 4.78 is 35.2. The summed E-state index contributed by atoms with van der Waals surface area (Å²) in [6.45, 7) is 16.1. The molecule has 3 unspecified atom stereocenters. The molecule has 5 atom stereocenters. The molecule has 49 heavy (non-hydrogen) atoms. The Kier molecular flexibility index (Phi) is 21.2. The Morgan fingerprint density at radius 1 is 1.24 bits per heavy atom. The predicted molar refractivity (Wildman–Crippen MR) is 197 cm³/mol. The Labute approximate surface area is 300 Å². The molecular formula is C35H51BN3O8S2. The molecule has 11 nitrogen and oxygen atoms in total. The number of rotatable bonds is 22. The second kappa shape index (κ2) is 24.5. The van der Waals surface area contributed by atoms with Crippen LogP contribution in [0.3, 0.4) is 0 Å². The lowest BCUT2D eigenvalue weighted by atomic mass is 9.71. The highest BCUT2D eigenvalue weighted by atomic mass is 33.1. The lowest BCUT2D eigenvalue weighted by Crippen LogP contribution is -2.30. The van der Waals surface area contributed by atoms with Gasteiger partial charge in [-0.2, -0.15) is 5.82 Å². The quantitative estimate of drug-likeness (QED) is 0.0407. The molecule has 1 aromatic carbocycles. The van der Waals surface area contributed by atoms with E-state index in [1.54, 1.807) is 66.1 Å². The van der Waals surface area contributed by atoms with Gasteiger partial charge >= 0.3 is 0 Å². The number of carbonyl (C=O) groups excluding carboxylic acids is 2. The third kappa shape index (κ3) is 19.4. The minimum Gasteiger partial charge on any atom is -0.490 e. The lowest BCUT2D eigenvalue weighted by molar-refractivity contribution is -0.126. The minimum atomic E-state index is -0.308. The molecule has 0 aromatic heterocycles. The van der Waals surface area contributed by atoms with Crippen LogP contribution in [-0.2, 0) is 28.5 Å². The van der Waals surface area contributed by atoms with E-state index < -0.39 is 0 Å². The highest BCUT2D eigenvalue weighted by Gasteiger charge is 2.36. The van der Waals surface area contributed by atoms with Gasteiger partial charge in [-0.3, -0.25) is 9.59 Å². The number of carbonyl (C=O) groups is 2. The van der Waals surface area contributed by atoms with Crippen molar-refractivity contribution in [3.8, 4) is 29.3 Å². The SMILES string of the molecule is C=CCO[C@@H]1C[C@H]([B]C#CCNC(=O)COCCOC(COc2cccc(C(=O)NCCN)c2)SSC(C)(C)C)OC1COC(C)C#CC. The van der Waals surface area contributed by atoms with Crippen molar-refractivity contribution in [1.29, 1.82) is 0 Å². The van der Waals surface area contributed by atoms with Gasteiger partial charge in [-0.05, 0) is 38.5 Å². The van der Waals surface area contributed by atoms with E-state index >= 15 is 0 Å². The molecule has 0 bridgehead atoms. The van der Waals surface area contributed by atoms with Crippen LogP contribution in [-0.4, -0.2) is 113 Å². The van der Waals surface area contributed by atoms with Crippen LogP contribution in [0.2, 0.25) is 0 Å². The van der Waals surface area contributed by atoms with Crippen LogP contribution < -0.4 is 21.1 Å². The fourth-order valence-electron chi connectivity index (χ4n) is 4.13. The smallest absolute Gasteiger partial charge is 0.251 e. The number of benzene rings is 1. The van der Waals surface area contributed by atoms with Crippen LogP contribution in [0.4, 0.5) is 0 Å². The summed E-state index contributed by atoms with van der Waals surface area (Å²) in [5.74, 6) is 11.8. The summed E-state index contributed by atoms with van der Waals surface area (Å²) in [4.78, 5) is 24.5. The molecule has 1 radical (unpaired) electrons. The molecule has 1 aliphatic heterocycles. The van der Waals surface area contributed by atoms with Crippen LogP contribution in [0.5, 0.6) is 5.75 Å². The Hall–Kier alpha value is -2.66. The molecule has 2 rings (SSSR count). The van der Waals surface area contributed by atoms with Crippen molar-refractivity contribution in [3.05, 3.63) is 42.5 Å². The van der Waals surface area contributed by atoms with Crippen LogP contribution in [0.1, 0.15) is 51.4 Å². The highest BCUT2D eigenvalue weighted by Crippen LogP contribution is 2.38. The third-order valence-electron chi connectivity index (χ3n) is 6.34. The van der Waals surface area contributed by atoms with E-state index in [-0.39, 0.29) is 79.3 Å². The molecule has 14 heteroatoms. The Balaban J connectivity index is 1.70. The second-order valence-electron chi connectivity index (χ2n) is 11.8. The summed E-state index contributed by atoms with van der Waals surface area (Å²) >= 11 is 0. The maximum absolute atomic E-state index is 12.3. The van der Waals surface area contributed by atoms with Crippen LogP contribution >= 0.6 is 21.6 Å². The molecule has 0 aliphatic carbocycles. The number of nitrogens with one attached hydrogen (secondary N) is 2. The number of hydrogen-bond donors (Lipinski definition) is 3. The number of ether oxygens (including phenoxy) is 6. The molecule has 1 aromatic rings. The van der Waals surface area contributed by atoms with Crippen LogP contribution in [0.15, 0.2) is 36.9 Å². The van der Waals surface area contributed by atoms with E-state index in [0.29, 0.717) is 44.0 Å². The van der Waals surface area contributed by atoms with E-state index in [9.17, 15) is 9.59 Å². The molecule has 4 N–H and O–H groups in total. The van der Waals surface area contributed by atoms with Crippen molar-refractivity contribution in [2.24, 2.45) is 5.73 Å². The predicted octanol–water partition coefficient (Wildman–Crippen LogP) is 3.19. The highest BCUT2D eigenvalue weighted by molar-refractivity contribution is 8.77. The maximum atomic E-state index is 12.3. The van der Waals surface area contributed by atoms with E-state index in [1.807, 2.05) is 6.92 Å². The zero-order chi connectivity index (χ0) is 35.9.